The summed E-state index contributed by atoms with van der Waals surface area (Å²) in [6.45, 7) is 4.70. The van der Waals surface area contributed by atoms with Gasteiger partial charge in [-0.15, -0.1) is 0 Å². The Balaban J connectivity index is 1.27. The standard InChI is InChI=1S/C28H28N4O/c1-19-8-12-22(13-9-19)23-14-10-21(11-15-23)17-29-28(33)25-18-30-32-20(2)16-26(31-27(25)32)24-6-4-3-5-7-24/h3-15,18,20,26,31H,16-17H2,1-2H3,(H,29,33). The van der Waals surface area contributed by atoms with Crippen molar-refractivity contribution in [1.29, 1.82) is 0 Å². The van der Waals surface area contributed by atoms with Gasteiger partial charge in [0, 0.05) is 6.54 Å². The van der Waals surface area contributed by atoms with Gasteiger partial charge in [-0.2, -0.15) is 5.10 Å². The van der Waals surface area contributed by atoms with Gasteiger partial charge in [-0.05, 0) is 42.5 Å². The molecule has 0 saturated heterocycles. The summed E-state index contributed by atoms with van der Waals surface area (Å²) >= 11 is 0. The zero-order valence-corrected chi connectivity index (χ0v) is 19.0. The molecule has 33 heavy (non-hydrogen) atoms. The van der Waals surface area contributed by atoms with Gasteiger partial charge in [-0.3, -0.25) is 4.79 Å². The summed E-state index contributed by atoms with van der Waals surface area (Å²) in [4.78, 5) is 13.0. The number of carbonyl (C=O) groups excluding carboxylic acids is 1. The predicted octanol–water partition coefficient (Wildman–Crippen LogP) is 5.91. The van der Waals surface area contributed by atoms with Crippen molar-refractivity contribution < 1.29 is 4.79 Å². The smallest absolute Gasteiger partial charge is 0.256 e. The van der Waals surface area contributed by atoms with Gasteiger partial charge in [-0.1, -0.05) is 84.4 Å². The third-order valence-corrected chi connectivity index (χ3v) is 6.34. The number of aromatic nitrogens is 2. The van der Waals surface area contributed by atoms with E-state index in [1.165, 1.54) is 22.3 Å². The Labute approximate surface area is 194 Å². The van der Waals surface area contributed by atoms with E-state index in [9.17, 15) is 4.79 Å². The third-order valence-electron chi connectivity index (χ3n) is 6.34. The summed E-state index contributed by atoms with van der Waals surface area (Å²) < 4.78 is 1.92. The van der Waals surface area contributed by atoms with Gasteiger partial charge in [0.1, 0.15) is 11.4 Å². The Bertz CT molecular complexity index is 1240. The van der Waals surface area contributed by atoms with Gasteiger partial charge < -0.3 is 10.6 Å². The predicted molar refractivity (Wildman–Crippen MR) is 132 cm³/mol. The Hall–Kier alpha value is -3.86. The lowest BCUT2D eigenvalue weighted by atomic mass is 9.98. The first-order valence-electron chi connectivity index (χ1n) is 11.4. The van der Waals surface area contributed by atoms with Crippen molar-refractivity contribution in [3.05, 3.63) is 107 Å². The Morgan fingerprint density at radius 1 is 1.00 bits per heavy atom. The fourth-order valence-corrected chi connectivity index (χ4v) is 4.41. The number of benzene rings is 3. The Kier molecular flexibility index (Phi) is 5.69. The highest BCUT2D eigenvalue weighted by Gasteiger charge is 2.29. The number of amides is 1. The molecule has 2 heterocycles. The number of nitrogens with one attached hydrogen (secondary N) is 2. The average Bonchev–Trinajstić information content (AvgIpc) is 3.29. The van der Waals surface area contributed by atoms with Crippen LogP contribution < -0.4 is 10.6 Å². The van der Waals surface area contributed by atoms with E-state index in [0.29, 0.717) is 12.1 Å². The minimum Gasteiger partial charge on any atom is -0.363 e. The van der Waals surface area contributed by atoms with Gasteiger partial charge in [-0.25, -0.2) is 4.68 Å². The van der Waals surface area contributed by atoms with Crippen molar-refractivity contribution in [2.75, 3.05) is 5.32 Å². The van der Waals surface area contributed by atoms with E-state index in [-0.39, 0.29) is 18.0 Å². The molecule has 0 radical (unpaired) electrons. The monoisotopic (exact) mass is 436 g/mol. The molecule has 5 heteroatoms. The van der Waals surface area contributed by atoms with Crippen LogP contribution in [-0.4, -0.2) is 15.7 Å². The zero-order valence-electron chi connectivity index (χ0n) is 19.0. The lowest BCUT2D eigenvalue weighted by Gasteiger charge is -2.31. The highest BCUT2D eigenvalue weighted by Crippen LogP contribution is 2.36. The van der Waals surface area contributed by atoms with Crippen molar-refractivity contribution in [3.8, 4) is 11.1 Å². The van der Waals surface area contributed by atoms with E-state index in [1.807, 2.05) is 22.9 Å². The van der Waals surface area contributed by atoms with E-state index >= 15 is 0 Å². The molecular formula is C28H28N4O. The van der Waals surface area contributed by atoms with E-state index in [4.69, 9.17) is 0 Å². The van der Waals surface area contributed by atoms with Crippen LogP contribution in [-0.2, 0) is 6.54 Å². The zero-order chi connectivity index (χ0) is 22.8. The summed E-state index contributed by atoms with van der Waals surface area (Å²) in [7, 11) is 0. The van der Waals surface area contributed by atoms with Crippen molar-refractivity contribution in [2.45, 2.75) is 38.9 Å². The van der Waals surface area contributed by atoms with Crippen LogP contribution in [0, 0.1) is 6.92 Å². The van der Waals surface area contributed by atoms with Crippen LogP contribution in [0.4, 0.5) is 5.82 Å². The Morgan fingerprint density at radius 2 is 1.67 bits per heavy atom. The maximum absolute atomic E-state index is 13.0. The summed E-state index contributed by atoms with van der Waals surface area (Å²) in [5.41, 5.74) is 6.47. The van der Waals surface area contributed by atoms with Crippen LogP contribution in [0.1, 0.15) is 52.5 Å². The SMILES string of the molecule is Cc1ccc(-c2ccc(CNC(=O)c3cnn4c3NC(c3ccccc3)CC4C)cc2)cc1. The molecule has 1 amide bonds. The number of hydrogen-bond acceptors (Lipinski definition) is 3. The molecule has 4 aromatic rings. The van der Waals surface area contributed by atoms with E-state index in [0.717, 1.165) is 17.8 Å². The summed E-state index contributed by atoms with van der Waals surface area (Å²) in [6, 6.07) is 27.6. The fraction of sp³-hybridized carbons (Fsp3) is 0.214. The molecule has 2 N–H and O–H groups in total. The molecular weight excluding hydrogens is 408 g/mol. The fourth-order valence-electron chi connectivity index (χ4n) is 4.41. The number of hydrogen-bond donors (Lipinski definition) is 2. The van der Waals surface area contributed by atoms with Crippen LogP contribution >= 0.6 is 0 Å². The number of carbonyl (C=O) groups is 1. The number of nitrogens with zero attached hydrogens (tertiary/aromatic N) is 2. The molecule has 1 aliphatic heterocycles. The minimum atomic E-state index is -0.118. The first-order valence-corrected chi connectivity index (χ1v) is 11.4. The van der Waals surface area contributed by atoms with Crippen LogP contribution in [0.25, 0.3) is 11.1 Å². The molecule has 3 aromatic carbocycles. The molecule has 0 bridgehead atoms. The number of aryl methyl sites for hydroxylation is 1. The third kappa shape index (κ3) is 4.40. The first kappa shape index (κ1) is 21.0. The summed E-state index contributed by atoms with van der Waals surface area (Å²) in [6.07, 6.45) is 2.59. The van der Waals surface area contributed by atoms with Gasteiger partial charge in [0.25, 0.3) is 5.91 Å². The molecule has 5 nitrogen and oxygen atoms in total. The highest BCUT2D eigenvalue weighted by molar-refractivity contribution is 5.98. The minimum absolute atomic E-state index is 0.118. The second-order valence-corrected chi connectivity index (χ2v) is 8.79. The van der Waals surface area contributed by atoms with Gasteiger partial charge in [0.2, 0.25) is 0 Å². The Morgan fingerprint density at radius 3 is 2.36 bits per heavy atom. The number of fused-ring (bicyclic) bond motifs is 1. The molecule has 1 aromatic heterocycles. The maximum atomic E-state index is 13.0. The number of rotatable bonds is 5. The maximum Gasteiger partial charge on any atom is 0.256 e. The van der Waals surface area contributed by atoms with Gasteiger partial charge >= 0.3 is 0 Å². The molecule has 1 aliphatic rings. The molecule has 0 saturated carbocycles. The van der Waals surface area contributed by atoms with Crippen LogP contribution in [0.2, 0.25) is 0 Å². The summed E-state index contributed by atoms with van der Waals surface area (Å²) in [5, 5.41) is 11.1. The topological polar surface area (TPSA) is 59.0 Å². The normalized spacial score (nSPS) is 17.2. The van der Waals surface area contributed by atoms with Crippen LogP contribution in [0.5, 0.6) is 0 Å². The molecule has 0 aliphatic carbocycles. The molecule has 166 valence electrons. The first-order chi connectivity index (χ1) is 16.1. The van der Waals surface area contributed by atoms with Crippen LogP contribution in [0.15, 0.2) is 85.1 Å². The quantitative estimate of drug-likeness (QED) is 0.409. The molecule has 2 atom stereocenters. The van der Waals surface area contributed by atoms with Crippen molar-refractivity contribution >= 4 is 11.7 Å². The van der Waals surface area contributed by atoms with Gasteiger partial charge in [0.15, 0.2) is 0 Å². The summed E-state index contributed by atoms with van der Waals surface area (Å²) in [5.74, 6) is 0.669. The van der Waals surface area contributed by atoms with Crippen molar-refractivity contribution in [3.63, 3.8) is 0 Å². The average molecular weight is 437 g/mol. The molecule has 0 spiro atoms. The second kappa shape index (κ2) is 8.94. The van der Waals surface area contributed by atoms with E-state index < -0.39 is 0 Å². The van der Waals surface area contributed by atoms with Crippen molar-refractivity contribution in [1.82, 2.24) is 15.1 Å². The van der Waals surface area contributed by atoms with E-state index in [2.05, 4.69) is 90.2 Å². The lowest BCUT2D eigenvalue weighted by Crippen LogP contribution is -2.28. The molecule has 5 rings (SSSR count). The van der Waals surface area contributed by atoms with E-state index in [1.54, 1.807) is 6.20 Å². The largest absolute Gasteiger partial charge is 0.363 e. The number of anilines is 1. The highest BCUT2D eigenvalue weighted by atomic mass is 16.1. The van der Waals surface area contributed by atoms with Crippen molar-refractivity contribution in [2.24, 2.45) is 0 Å². The lowest BCUT2D eigenvalue weighted by molar-refractivity contribution is 0.0951. The van der Waals surface area contributed by atoms with Gasteiger partial charge in [0.05, 0.1) is 18.3 Å². The van der Waals surface area contributed by atoms with Crippen LogP contribution in [0.3, 0.4) is 0 Å². The molecule has 0 fully saturated rings. The second-order valence-electron chi connectivity index (χ2n) is 8.79. The molecule has 2 unspecified atom stereocenters.